The minimum atomic E-state index is -0.334. The molecule has 1 aliphatic rings. The third-order valence-corrected chi connectivity index (χ3v) is 4.60. The van der Waals surface area contributed by atoms with Crippen molar-refractivity contribution in [2.45, 2.75) is 19.4 Å². The van der Waals surface area contributed by atoms with Crippen molar-refractivity contribution in [2.24, 2.45) is 5.92 Å². The van der Waals surface area contributed by atoms with E-state index in [2.05, 4.69) is 27.4 Å². The maximum Gasteiger partial charge on any atom is 0.297 e. The average Bonchev–Trinajstić information content (AvgIpc) is 3.29. The summed E-state index contributed by atoms with van der Waals surface area (Å²) in [7, 11) is 0. The van der Waals surface area contributed by atoms with E-state index in [1.54, 1.807) is 34.1 Å². The number of H-pyrrole nitrogens is 1. The lowest BCUT2D eigenvalue weighted by molar-refractivity contribution is 0.0972. The molecule has 0 bridgehead atoms. The molecule has 0 unspecified atom stereocenters. The van der Waals surface area contributed by atoms with Crippen LogP contribution in [0, 0.1) is 28.7 Å². The highest BCUT2D eigenvalue weighted by molar-refractivity contribution is 6.03. The van der Waals surface area contributed by atoms with Gasteiger partial charge in [-0.25, -0.2) is 4.98 Å². The third kappa shape index (κ3) is 3.29. The molecule has 8 heteroatoms. The summed E-state index contributed by atoms with van der Waals surface area (Å²) in [5.74, 6) is -0.114. The minimum Gasteiger partial charge on any atom is -0.308 e. The van der Waals surface area contributed by atoms with E-state index in [0.717, 1.165) is 6.42 Å². The second kappa shape index (κ2) is 7.02. The van der Waals surface area contributed by atoms with E-state index >= 15 is 0 Å². The van der Waals surface area contributed by atoms with Crippen LogP contribution in [0.5, 0.6) is 0 Å². The van der Waals surface area contributed by atoms with E-state index in [1.165, 1.54) is 6.33 Å². The number of rotatable bonds is 4. The molecule has 126 valence electrons. The Balaban J connectivity index is 1.91. The summed E-state index contributed by atoms with van der Waals surface area (Å²) in [4.78, 5) is 20.1. The van der Waals surface area contributed by atoms with Gasteiger partial charge in [-0.2, -0.15) is 10.5 Å². The Labute approximate surface area is 145 Å². The number of hydrogen-bond donors (Lipinski definition) is 1. The number of nitrogens with one attached hydrogen (secondary N) is 1. The normalized spacial score (nSPS) is 19.2. The van der Waals surface area contributed by atoms with Gasteiger partial charge < -0.3 is 9.80 Å². The summed E-state index contributed by atoms with van der Waals surface area (Å²) in [5, 5.41) is 24.7. The number of amides is 1. The van der Waals surface area contributed by atoms with Gasteiger partial charge in [-0.3, -0.25) is 9.89 Å². The maximum atomic E-state index is 12.9. The van der Waals surface area contributed by atoms with Crippen molar-refractivity contribution in [3.8, 4) is 12.3 Å². The smallest absolute Gasteiger partial charge is 0.297 e. The summed E-state index contributed by atoms with van der Waals surface area (Å²) >= 11 is 0. The number of carbonyl (C=O) groups excluding carboxylic acids is 1. The number of benzene rings is 1. The maximum absolute atomic E-state index is 12.9. The van der Waals surface area contributed by atoms with Crippen LogP contribution in [-0.2, 0) is 0 Å². The van der Waals surface area contributed by atoms with E-state index in [9.17, 15) is 4.79 Å². The highest BCUT2D eigenvalue weighted by atomic mass is 16.2. The lowest BCUT2D eigenvalue weighted by Crippen LogP contribution is -2.39. The van der Waals surface area contributed by atoms with Gasteiger partial charge in [-0.15, -0.1) is 5.10 Å². The fourth-order valence-electron chi connectivity index (χ4n) is 3.11. The fourth-order valence-corrected chi connectivity index (χ4v) is 3.11. The molecule has 0 spiro atoms. The first-order valence-corrected chi connectivity index (χ1v) is 7.98. The topological polar surface area (TPSA) is 113 Å². The Morgan fingerprint density at radius 3 is 2.96 bits per heavy atom. The van der Waals surface area contributed by atoms with Crippen LogP contribution >= 0.6 is 0 Å². The Hall–Kier alpha value is -3.39. The Morgan fingerprint density at radius 1 is 1.48 bits per heavy atom. The van der Waals surface area contributed by atoms with E-state index < -0.39 is 0 Å². The monoisotopic (exact) mass is 335 g/mol. The number of hydrogen-bond acceptors (Lipinski definition) is 6. The molecule has 1 amide bonds. The number of aromatic amines is 1. The molecule has 1 aromatic carbocycles. The quantitative estimate of drug-likeness (QED) is 0.848. The average molecular weight is 335 g/mol. The van der Waals surface area contributed by atoms with Gasteiger partial charge in [0.1, 0.15) is 6.33 Å². The Morgan fingerprint density at radius 2 is 2.32 bits per heavy atom. The van der Waals surface area contributed by atoms with E-state index in [0.29, 0.717) is 24.3 Å². The van der Waals surface area contributed by atoms with Crippen LogP contribution in [0.3, 0.4) is 0 Å². The van der Waals surface area contributed by atoms with Gasteiger partial charge in [0, 0.05) is 24.8 Å². The fraction of sp³-hybridized carbons (Fsp3) is 0.353. The summed E-state index contributed by atoms with van der Waals surface area (Å²) in [6.45, 7) is 3.10. The molecule has 1 N–H and O–H groups in total. The first-order valence-electron chi connectivity index (χ1n) is 7.98. The molecule has 0 aliphatic carbocycles. The lowest BCUT2D eigenvalue weighted by atomic mass is 10.0. The van der Waals surface area contributed by atoms with Crippen LogP contribution in [0.4, 0.5) is 5.69 Å². The summed E-state index contributed by atoms with van der Waals surface area (Å²) < 4.78 is 0. The first-order chi connectivity index (χ1) is 12.1. The molecule has 1 aromatic heterocycles. The van der Waals surface area contributed by atoms with Crippen LogP contribution in [0.15, 0.2) is 30.6 Å². The van der Waals surface area contributed by atoms with Gasteiger partial charge in [0.2, 0.25) is 5.82 Å². The predicted octanol–water partition coefficient (Wildman–Crippen LogP) is 1.51. The molecule has 0 radical (unpaired) electrons. The second-order valence-electron chi connectivity index (χ2n) is 5.98. The largest absolute Gasteiger partial charge is 0.308 e. The van der Waals surface area contributed by atoms with Crippen molar-refractivity contribution in [1.82, 2.24) is 20.1 Å². The minimum absolute atomic E-state index is 0.0478. The lowest BCUT2D eigenvalue weighted by Gasteiger charge is -2.27. The number of nitrogens with zero attached hydrogens (tertiary/aromatic N) is 6. The van der Waals surface area contributed by atoms with Crippen LogP contribution in [0.25, 0.3) is 0 Å². The van der Waals surface area contributed by atoms with E-state index in [4.69, 9.17) is 10.5 Å². The summed E-state index contributed by atoms with van der Waals surface area (Å²) in [6.07, 6.45) is 4.37. The molecule has 1 saturated heterocycles. The zero-order valence-electron chi connectivity index (χ0n) is 13.8. The van der Waals surface area contributed by atoms with Gasteiger partial charge in [0.15, 0.2) is 6.19 Å². The highest BCUT2D eigenvalue weighted by Crippen LogP contribution is 2.27. The van der Waals surface area contributed by atoms with Gasteiger partial charge in [-0.05, 0) is 37.5 Å². The molecule has 2 aromatic rings. The Bertz CT molecular complexity index is 833. The Kier molecular flexibility index (Phi) is 4.62. The third-order valence-electron chi connectivity index (χ3n) is 4.60. The molecular weight excluding hydrogens is 318 g/mol. The standard InChI is InChI=1S/C17H17N7O/c1-12-14(5-6-23(12)10-19)9-24(17(25)16-20-11-21-22-16)15-4-2-3-13(7-15)8-18/h2-4,7,11-12,14H,5-6,9H2,1H3,(H,20,21,22)/t12-,14-/m1/s1. The van der Waals surface area contributed by atoms with E-state index in [1.807, 2.05) is 6.92 Å². The molecule has 2 atom stereocenters. The zero-order chi connectivity index (χ0) is 17.8. The molecule has 3 rings (SSSR count). The van der Waals surface area contributed by atoms with Crippen molar-refractivity contribution < 1.29 is 4.79 Å². The highest BCUT2D eigenvalue weighted by Gasteiger charge is 2.34. The van der Waals surface area contributed by atoms with Gasteiger partial charge in [0.05, 0.1) is 11.6 Å². The van der Waals surface area contributed by atoms with Crippen LogP contribution in [0.2, 0.25) is 0 Å². The number of anilines is 1. The zero-order valence-corrected chi connectivity index (χ0v) is 13.8. The van der Waals surface area contributed by atoms with Crippen LogP contribution in [0.1, 0.15) is 29.5 Å². The van der Waals surface area contributed by atoms with Gasteiger partial charge in [0.25, 0.3) is 5.91 Å². The van der Waals surface area contributed by atoms with Gasteiger partial charge >= 0.3 is 0 Å². The van der Waals surface area contributed by atoms with Crippen LogP contribution < -0.4 is 4.90 Å². The molecule has 8 nitrogen and oxygen atoms in total. The summed E-state index contributed by atoms with van der Waals surface area (Å²) in [5.41, 5.74) is 1.10. The number of aromatic nitrogens is 3. The first kappa shape index (κ1) is 16.5. The SMILES string of the molecule is C[C@@H]1[C@@H](CN(C(=O)c2nc[nH]n2)c2cccc(C#N)c2)CCN1C#N. The number of carbonyl (C=O) groups is 1. The van der Waals surface area contributed by atoms with Crippen molar-refractivity contribution in [1.29, 1.82) is 10.5 Å². The second-order valence-corrected chi connectivity index (χ2v) is 5.98. The molecule has 0 saturated carbocycles. The molecule has 25 heavy (non-hydrogen) atoms. The van der Waals surface area contributed by atoms with Crippen molar-refractivity contribution in [3.05, 3.63) is 42.0 Å². The molecule has 2 heterocycles. The molecular formula is C17H17N7O. The summed E-state index contributed by atoms with van der Waals surface area (Å²) in [6, 6.07) is 9.02. The van der Waals surface area contributed by atoms with Gasteiger partial charge in [-0.1, -0.05) is 6.07 Å². The van der Waals surface area contributed by atoms with Crippen LogP contribution in [-0.4, -0.2) is 45.1 Å². The van der Waals surface area contributed by atoms with E-state index in [-0.39, 0.29) is 23.7 Å². The predicted molar refractivity (Wildman–Crippen MR) is 89.1 cm³/mol. The number of nitriles is 2. The molecule has 1 fully saturated rings. The van der Waals surface area contributed by atoms with Crippen molar-refractivity contribution in [2.75, 3.05) is 18.0 Å². The number of likely N-dealkylation sites (tertiary alicyclic amines) is 1. The molecule has 1 aliphatic heterocycles. The van der Waals surface area contributed by atoms with Crippen molar-refractivity contribution >= 4 is 11.6 Å². The van der Waals surface area contributed by atoms with Crippen molar-refractivity contribution in [3.63, 3.8) is 0 Å².